The van der Waals surface area contributed by atoms with Crippen molar-refractivity contribution in [2.45, 2.75) is 13.0 Å². The highest BCUT2D eigenvalue weighted by atomic mass is 79.9. The minimum Gasteiger partial charge on any atom is -0.478 e. The molecule has 1 unspecified atom stereocenters. The van der Waals surface area contributed by atoms with Gasteiger partial charge in [0.1, 0.15) is 0 Å². The van der Waals surface area contributed by atoms with Gasteiger partial charge in [0.15, 0.2) is 0 Å². The van der Waals surface area contributed by atoms with E-state index in [1.807, 2.05) is 0 Å². The Morgan fingerprint density at radius 1 is 1.35 bits per heavy atom. The number of nitrogens with one attached hydrogen (secondary N) is 2. The zero-order chi connectivity index (χ0) is 13.0. The quantitative estimate of drug-likeness (QED) is 0.791. The molecule has 0 fully saturated rings. The third kappa shape index (κ3) is 3.83. The highest BCUT2D eigenvalue weighted by Gasteiger charge is 2.12. The zero-order valence-corrected chi connectivity index (χ0v) is 11.0. The fraction of sp³-hybridized carbons (Fsp3) is 0.273. The second kappa shape index (κ2) is 5.79. The first-order chi connectivity index (χ1) is 7.93. The van der Waals surface area contributed by atoms with Crippen molar-refractivity contribution in [3.05, 3.63) is 28.2 Å². The molecule has 0 aromatic heterocycles. The largest absolute Gasteiger partial charge is 0.478 e. The molecule has 6 heteroatoms. The van der Waals surface area contributed by atoms with Crippen LogP contribution < -0.4 is 10.6 Å². The number of aromatic carboxylic acids is 1. The van der Waals surface area contributed by atoms with Crippen molar-refractivity contribution in [2.75, 3.05) is 12.4 Å². The Balaban J connectivity index is 2.92. The molecule has 0 bridgehead atoms. The first-order valence-corrected chi connectivity index (χ1v) is 5.75. The summed E-state index contributed by atoms with van der Waals surface area (Å²) in [6, 6.07) is 4.18. The molecular formula is C11H13BrN2O3. The van der Waals surface area contributed by atoms with Crippen molar-refractivity contribution < 1.29 is 14.7 Å². The summed E-state index contributed by atoms with van der Waals surface area (Å²) < 4.78 is 0.602. The van der Waals surface area contributed by atoms with Crippen LogP contribution in [-0.4, -0.2) is 30.1 Å². The molecule has 92 valence electrons. The predicted molar refractivity (Wildman–Crippen MR) is 68.3 cm³/mol. The minimum atomic E-state index is -1.04. The van der Waals surface area contributed by atoms with Crippen LogP contribution in [-0.2, 0) is 4.79 Å². The van der Waals surface area contributed by atoms with Gasteiger partial charge in [-0.2, -0.15) is 0 Å². The van der Waals surface area contributed by atoms with E-state index in [-0.39, 0.29) is 17.5 Å². The number of hydrogen-bond donors (Lipinski definition) is 3. The van der Waals surface area contributed by atoms with Crippen LogP contribution in [0.25, 0.3) is 0 Å². The monoisotopic (exact) mass is 300 g/mol. The van der Waals surface area contributed by atoms with Gasteiger partial charge in [0, 0.05) is 10.2 Å². The molecule has 5 nitrogen and oxygen atoms in total. The topological polar surface area (TPSA) is 78.4 Å². The molecule has 0 saturated heterocycles. The average molecular weight is 301 g/mol. The Hall–Kier alpha value is -1.40. The summed E-state index contributed by atoms with van der Waals surface area (Å²) in [5, 5.41) is 14.3. The van der Waals surface area contributed by atoms with Crippen molar-refractivity contribution in [3.63, 3.8) is 0 Å². The zero-order valence-electron chi connectivity index (χ0n) is 9.45. The van der Waals surface area contributed by atoms with Gasteiger partial charge < -0.3 is 15.7 Å². The molecule has 0 spiro atoms. The average Bonchev–Trinajstić information content (AvgIpc) is 2.26. The first kappa shape index (κ1) is 13.7. The lowest BCUT2D eigenvalue weighted by Gasteiger charge is -2.11. The van der Waals surface area contributed by atoms with E-state index < -0.39 is 5.97 Å². The molecule has 1 aromatic carbocycles. The van der Waals surface area contributed by atoms with E-state index in [0.29, 0.717) is 10.2 Å². The SMILES string of the molecule is CNC(C)C(=O)Nc1cc(Br)cc(C(=O)O)c1. The molecule has 1 amide bonds. The van der Waals surface area contributed by atoms with E-state index in [9.17, 15) is 9.59 Å². The summed E-state index contributed by atoms with van der Waals surface area (Å²) in [7, 11) is 1.67. The van der Waals surface area contributed by atoms with Crippen molar-refractivity contribution in [3.8, 4) is 0 Å². The molecule has 1 atom stereocenters. The number of carboxylic acid groups (broad SMARTS) is 1. The summed E-state index contributed by atoms with van der Waals surface area (Å²) in [5.41, 5.74) is 0.565. The second-order valence-electron chi connectivity index (χ2n) is 3.53. The maximum atomic E-state index is 11.6. The van der Waals surface area contributed by atoms with E-state index in [2.05, 4.69) is 26.6 Å². The van der Waals surface area contributed by atoms with Crippen LogP contribution in [0, 0.1) is 0 Å². The van der Waals surface area contributed by atoms with Crippen LogP contribution >= 0.6 is 15.9 Å². The molecule has 17 heavy (non-hydrogen) atoms. The van der Waals surface area contributed by atoms with E-state index in [1.165, 1.54) is 12.1 Å². The number of hydrogen-bond acceptors (Lipinski definition) is 3. The van der Waals surface area contributed by atoms with Crippen molar-refractivity contribution in [1.82, 2.24) is 5.32 Å². The van der Waals surface area contributed by atoms with Crippen LogP contribution in [0.4, 0.5) is 5.69 Å². The smallest absolute Gasteiger partial charge is 0.335 e. The summed E-state index contributed by atoms with van der Waals surface area (Å²) in [5.74, 6) is -1.26. The summed E-state index contributed by atoms with van der Waals surface area (Å²) >= 11 is 3.20. The van der Waals surface area contributed by atoms with Crippen LogP contribution in [0.5, 0.6) is 0 Å². The molecule has 0 radical (unpaired) electrons. The maximum Gasteiger partial charge on any atom is 0.335 e. The third-order valence-electron chi connectivity index (χ3n) is 2.24. The number of carboxylic acids is 1. The fourth-order valence-electron chi connectivity index (χ4n) is 1.17. The van der Waals surface area contributed by atoms with Crippen LogP contribution in [0.2, 0.25) is 0 Å². The van der Waals surface area contributed by atoms with Gasteiger partial charge in [0.2, 0.25) is 5.91 Å². The number of rotatable bonds is 4. The number of halogens is 1. The number of carbonyl (C=O) groups is 2. The Morgan fingerprint density at radius 3 is 2.53 bits per heavy atom. The van der Waals surface area contributed by atoms with E-state index in [4.69, 9.17) is 5.11 Å². The second-order valence-corrected chi connectivity index (χ2v) is 4.45. The van der Waals surface area contributed by atoms with Crippen LogP contribution in [0.1, 0.15) is 17.3 Å². The summed E-state index contributed by atoms with van der Waals surface area (Å²) in [4.78, 5) is 22.4. The van der Waals surface area contributed by atoms with Gasteiger partial charge in [-0.05, 0) is 32.2 Å². The lowest BCUT2D eigenvalue weighted by Crippen LogP contribution is -2.35. The number of likely N-dealkylation sites (N-methyl/N-ethyl adjacent to an activating group) is 1. The normalized spacial score (nSPS) is 11.9. The number of amides is 1. The maximum absolute atomic E-state index is 11.6. The van der Waals surface area contributed by atoms with Gasteiger partial charge in [-0.3, -0.25) is 4.79 Å². The summed E-state index contributed by atoms with van der Waals surface area (Å²) in [6.45, 7) is 1.71. The lowest BCUT2D eigenvalue weighted by molar-refractivity contribution is -0.117. The van der Waals surface area contributed by atoms with Gasteiger partial charge in [-0.25, -0.2) is 4.79 Å². The van der Waals surface area contributed by atoms with Gasteiger partial charge in [0.25, 0.3) is 0 Å². The van der Waals surface area contributed by atoms with Gasteiger partial charge in [-0.1, -0.05) is 15.9 Å². The van der Waals surface area contributed by atoms with Gasteiger partial charge >= 0.3 is 5.97 Å². The molecule has 3 N–H and O–H groups in total. The summed E-state index contributed by atoms with van der Waals surface area (Å²) in [6.07, 6.45) is 0. The van der Waals surface area contributed by atoms with Gasteiger partial charge in [-0.15, -0.1) is 0 Å². The van der Waals surface area contributed by atoms with Crippen molar-refractivity contribution >= 4 is 33.5 Å². The molecule has 1 aromatic rings. The lowest BCUT2D eigenvalue weighted by atomic mass is 10.2. The molecule has 0 aliphatic carbocycles. The first-order valence-electron chi connectivity index (χ1n) is 4.96. The van der Waals surface area contributed by atoms with Gasteiger partial charge in [0.05, 0.1) is 11.6 Å². The van der Waals surface area contributed by atoms with Crippen molar-refractivity contribution in [2.24, 2.45) is 0 Å². The van der Waals surface area contributed by atoms with Crippen LogP contribution in [0.15, 0.2) is 22.7 Å². The van der Waals surface area contributed by atoms with E-state index in [0.717, 1.165) is 0 Å². The highest BCUT2D eigenvalue weighted by molar-refractivity contribution is 9.10. The number of benzene rings is 1. The molecule has 0 aliphatic rings. The molecule has 0 saturated carbocycles. The van der Waals surface area contributed by atoms with Crippen molar-refractivity contribution in [1.29, 1.82) is 0 Å². The molecule has 0 aliphatic heterocycles. The Bertz CT molecular complexity index is 448. The highest BCUT2D eigenvalue weighted by Crippen LogP contribution is 2.19. The molecule has 1 rings (SSSR count). The Labute approximate surface area is 107 Å². The number of anilines is 1. The molecule has 0 heterocycles. The fourth-order valence-corrected chi connectivity index (χ4v) is 1.66. The minimum absolute atomic E-state index is 0.117. The predicted octanol–water partition coefficient (Wildman–Crippen LogP) is 1.69. The number of carbonyl (C=O) groups excluding carboxylic acids is 1. The van der Waals surface area contributed by atoms with E-state index in [1.54, 1.807) is 20.0 Å². The Morgan fingerprint density at radius 2 is 2.00 bits per heavy atom. The molecular weight excluding hydrogens is 288 g/mol. The van der Waals surface area contributed by atoms with E-state index >= 15 is 0 Å². The third-order valence-corrected chi connectivity index (χ3v) is 2.70. The standard InChI is InChI=1S/C11H13BrN2O3/c1-6(13-2)10(15)14-9-4-7(11(16)17)3-8(12)5-9/h3-6,13H,1-2H3,(H,14,15)(H,16,17). The Kier molecular flexibility index (Phi) is 4.65. The van der Waals surface area contributed by atoms with Crippen LogP contribution in [0.3, 0.4) is 0 Å².